The Kier molecular flexibility index (Phi) is 4.73. The first-order valence-electron chi connectivity index (χ1n) is 6.31. The van der Waals surface area contributed by atoms with Crippen molar-refractivity contribution >= 4 is 46.8 Å². The van der Waals surface area contributed by atoms with Crippen molar-refractivity contribution in [1.82, 2.24) is 25.1 Å². The van der Waals surface area contributed by atoms with Crippen molar-refractivity contribution in [1.29, 1.82) is 0 Å². The average Bonchev–Trinajstić information content (AvgIpc) is 3.18. The maximum Gasteiger partial charge on any atom is 0.242 e. The lowest BCUT2D eigenvalue weighted by Gasteiger charge is -2.15. The molecule has 3 rings (SSSR count). The molecule has 0 radical (unpaired) electrons. The highest BCUT2D eigenvalue weighted by Crippen LogP contribution is 2.32. The van der Waals surface area contributed by atoms with E-state index in [-0.39, 0.29) is 0 Å². The monoisotopic (exact) mass is 342 g/mol. The summed E-state index contributed by atoms with van der Waals surface area (Å²) in [6.45, 7) is 1.93. The summed E-state index contributed by atoms with van der Waals surface area (Å²) in [5.41, 5.74) is 2.49. The fourth-order valence-electron chi connectivity index (χ4n) is 1.91. The van der Waals surface area contributed by atoms with E-state index in [1.807, 2.05) is 6.26 Å². The summed E-state index contributed by atoms with van der Waals surface area (Å²) in [5.74, 6) is 6.47. The van der Waals surface area contributed by atoms with E-state index >= 15 is 0 Å². The van der Waals surface area contributed by atoms with Gasteiger partial charge in [0.25, 0.3) is 0 Å². The van der Waals surface area contributed by atoms with Crippen LogP contribution in [0.15, 0.2) is 13.8 Å². The first-order chi connectivity index (χ1) is 10.3. The summed E-state index contributed by atoms with van der Waals surface area (Å²) in [5, 5.41) is 8.74. The predicted octanol–water partition coefficient (Wildman–Crippen LogP) is 1.48. The summed E-state index contributed by atoms with van der Waals surface area (Å²) in [6, 6.07) is 0. The van der Waals surface area contributed by atoms with Crippen LogP contribution >= 0.6 is 34.9 Å². The molecule has 0 aliphatic carbocycles. The largest absolute Gasteiger partial charge is 0.341 e. The molecule has 11 heteroatoms. The van der Waals surface area contributed by atoms with Gasteiger partial charge in [-0.15, -0.1) is 10.2 Å². The molecule has 0 unspecified atom stereocenters. The van der Waals surface area contributed by atoms with Crippen molar-refractivity contribution in [3.63, 3.8) is 0 Å². The molecule has 3 heterocycles. The second-order valence-electron chi connectivity index (χ2n) is 4.22. The van der Waals surface area contributed by atoms with Gasteiger partial charge in [-0.3, -0.25) is 5.43 Å². The van der Waals surface area contributed by atoms with Crippen molar-refractivity contribution < 1.29 is 0 Å². The molecule has 0 amide bonds. The second kappa shape index (κ2) is 6.73. The predicted molar refractivity (Wildman–Crippen MR) is 84.9 cm³/mol. The Balaban J connectivity index is 1.84. The number of nitrogens with two attached hydrogens (primary N) is 1. The van der Waals surface area contributed by atoms with E-state index in [1.165, 1.54) is 23.1 Å². The molecule has 0 atom stereocenters. The van der Waals surface area contributed by atoms with Gasteiger partial charge in [-0.1, -0.05) is 23.1 Å². The van der Waals surface area contributed by atoms with E-state index in [0.29, 0.717) is 17.1 Å². The molecule has 8 nitrogen and oxygen atoms in total. The zero-order valence-corrected chi connectivity index (χ0v) is 13.8. The molecule has 1 aliphatic heterocycles. The number of rotatable bonds is 5. The number of aromatic nitrogens is 5. The summed E-state index contributed by atoms with van der Waals surface area (Å²) in [7, 11) is 0. The lowest BCUT2D eigenvalue weighted by atomic mass is 10.4. The SMILES string of the molecule is CSc1nnc(Sc2nc(NN)nc(N3CCCC3)n2)s1. The van der Waals surface area contributed by atoms with Gasteiger partial charge in [-0.05, 0) is 30.9 Å². The van der Waals surface area contributed by atoms with Crippen LogP contribution in [-0.2, 0) is 0 Å². The standard InChI is InChI=1S/C10H14N8S3/c1-19-9-16-17-10(21-9)20-8-13-6(15-11)12-7(14-8)18-4-2-3-5-18/h2-5,11H2,1H3,(H,12,13,14,15). The van der Waals surface area contributed by atoms with Crippen LogP contribution in [0.2, 0.25) is 0 Å². The van der Waals surface area contributed by atoms with E-state index < -0.39 is 0 Å². The molecule has 0 bridgehead atoms. The molecular weight excluding hydrogens is 328 g/mol. The zero-order valence-electron chi connectivity index (χ0n) is 11.3. The Bertz CT molecular complexity index is 612. The van der Waals surface area contributed by atoms with Crippen LogP contribution in [0.3, 0.4) is 0 Å². The van der Waals surface area contributed by atoms with Crippen molar-refractivity contribution in [2.24, 2.45) is 5.84 Å². The van der Waals surface area contributed by atoms with E-state index in [0.717, 1.165) is 34.6 Å². The zero-order chi connectivity index (χ0) is 14.7. The van der Waals surface area contributed by atoms with Crippen LogP contribution in [0.25, 0.3) is 0 Å². The molecule has 21 heavy (non-hydrogen) atoms. The summed E-state index contributed by atoms with van der Waals surface area (Å²) in [6.07, 6.45) is 4.29. The molecule has 2 aromatic rings. The fraction of sp³-hybridized carbons (Fsp3) is 0.500. The van der Waals surface area contributed by atoms with E-state index in [2.05, 4.69) is 35.5 Å². The quantitative estimate of drug-likeness (QED) is 0.471. The lowest BCUT2D eigenvalue weighted by Crippen LogP contribution is -2.22. The normalized spacial score (nSPS) is 14.7. The number of anilines is 2. The average molecular weight is 342 g/mol. The summed E-state index contributed by atoms with van der Waals surface area (Å²) >= 11 is 4.46. The minimum atomic E-state index is 0.365. The van der Waals surface area contributed by atoms with Gasteiger partial charge in [0.2, 0.25) is 17.1 Å². The molecule has 3 N–H and O–H groups in total. The lowest BCUT2D eigenvalue weighted by molar-refractivity contribution is 0.826. The van der Waals surface area contributed by atoms with Gasteiger partial charge >= 0.3 is 0 Å². The third-order valence-corrected chi connectivity index (χ3v) is 5.68. The number of thioether (sulfide) groups is 1. The van der Waals surface area contributed by atoms with Gasteiger partial charge in [0.05, 0.1) is 0 Å². The van der Waals surface area contributed by atoms with Crippen LogP contribution in [0, 0.1) is 0 Å². The van der Waals surface area contributed by atoms with Crippen LogP contribution in [0.5, 0.6) is 0 Å². The van der Waals surface area contributed by atoms with Crippen molar-refractivity contribution in [2.45, 2.75) is 26.7 Å². The highest BCUT2D eigenvalue weighted by atomic mass is 32.2. The number of hydrazine groups is 1. The minimum Gasteiger partial charge on any atom is -0.341 e. The summed E-state index contributed by atoms with van der Waals surface area (Å²) < 4.78 is 1.73. The van der Waals surface area contributed by atoms with Crippen LogP contribution in [0.1, 0.15) is 12.8 Å². The van der Waals surface area contributed by atoms with E-state index in [9.17, 15) is 0 Å². The molecule has 1 fully saturated rings. The Hall–Kier alpha value is -1.17. The van der Waals surface area contributed by atoms with Crippen molar-refractivity contribution in [3.05, 3.63) is 0 Å². The van der Waals surface area contributed by atoms with Gasteiger partial charge in [0, 0.05) is 13.1 Å². The van der Waals surface area contributed by atoms with E-state index in [4.69, 9.17) is 5.84 Å². The van der Waals surface area contributed by atoms with Gasteiger partial charge < -0.3 is 4.90 Å². The molecule has 0 spiro atoms. The summed E-state index contributed by atoms with van der Waals surface area (Å²) in [4.78, 5) is 15.2. The number of nitrogens with zero attached hydrogens (tertiary/aromatic N) is 6. The second-order valence-corrected chi connectivity index (χ2v) is 7.47. The Morgan fingerprint density at radius 2 is 1.90 bits per heavy atom. The molecule has 0 saturated carbocycles. The third kappa shape index (κ3) is 3.54. The molecule has 112 valence electrons. The van der Waals surface area contributed by atoms with Crippen LogP contribution in [-0.4, -0.2) is 44.5 Å². The van der Waals surface area contributed by atoms with Crippen molar-refractivity contribution in [3.8, 4) is 0 Å². The smallest absolute Gasteiger partial charge is 0.242 e. The maximum atomic E-state index is 5.45. The van der Waals surface area contributed by atoms with Crippen molar-refractivity contribution in [2.75, 3.05) is 29.7 Å². The number of nitrogen functional groups attached to an aromatic ring is 1. The third-order valence-electron chi connectivity index (χ3n) is 2.86. The first-order valence-corrected chi connectivity index (χ1v) is 9.17. The van der Waals surface area contributed by atoms with Gasteiger partial charge in [-0.2, -0.15) is 15.0 Å². The van der Waals surface area contributed by atoms with E-state index in [1.54, 1.807) is 11.8 Å². The highest BCUT2D eigenvalue weighted by molar-refractivity contribution is 8.02. The highest BCUT2D eigenvalue weighted by Gasteiger charge is 2.18. The number of nitrogens with one attached hydrogen (secondary N) is 1. The topological polar surface area (TPSA) is 106 Å². The Labute approximate surface area is 134 Å². The minimum absolute atomic E-state index is 0.365. The van der Waals surface area contributed by atoms with Crippen LogP contribution in [0.4, 0.5) is 11.9 Å². The molecule has 0 aromatic carbocycles. The van der Waals surface area contributed by atoms with Gasteiger partial charge in [-0.25, -0.2) is 5.84 Å². The van der Waals surface area contributed by atoms with Gasteiger partial charge in [0.15, 0.2) is 8.68 Å². The van der Waals surface area contributed by atoms with Crippen LogP contribution < -0.4 is 16.2 Å². The molecule has 2 aromatic heterocycles. The fourth-order valence-corrected chi connectivity index (χ4v) is 4.20. The Morgan fingerprint density at radius 1 is 1.14 bits per heavy atom. The molecule has 1 saturated heterocycles. The first kappa shape index (κ1) is 14.8. The Morgan fingerprint density at radius 3 is 2.57 bits per heavy atom. The molecule has 1 aliphatic rings. The number of hydrogen-bond donors (Lipinski definition) is 2. The molecular formula is C10H14N8S3. The maximum absolute atomic E-state index is 5.45. The number of hydrogen-bond acceptors (Lipinski definition) is 11. The van der Waals surface area contributed by atoms with Gasteiger partial charge in [0.1, 0.15) is 0 Å².